The molecule has 0 saturated carbocycles. The minimum atomic E-state index is -0.351. The van der Waals surface area contributed by atoms with Crippen molar-refractivity contribution in [3.63, 3.8) is 0 Å². The van der Waals surface area contributed by atoms with Gasteiger partial charge in [-0.15, -0.1) is 0 Å². The molecule has 1 heterocycles. The largest absolute Gasteiger partial charge is 0.250 e. The van der Waals surface area contributed by atoms with Gasteiger partial charge in [0.15, 0.2) is 5.82 Å². The quantitative estimate of drug-likeness (QED) is 0.652. The third-order valence-electron chi connectivity index (χ3n) is 2.60. The summed E-state index contributed by atoms with van der Waals surface area (Å²) in [6.07, 6.45) is 1.43. The van der Waals surface area contributed by atoms with Crippen LogP contribution in [-0.4, -0.2) is 21.1 Å². The Morgan fingerprint density at radius 3 is 2.75 bits per heavy atom. The predicted molar refractivity (Wildman–Crippen MR) is 83.2 cm³/mol. The smallest absolute Gasteiger partial charge is 0.216 e. The molecule has 0 aliphatic carbocycles. The molecule has 0 aliphatic heterocycles. The number of benzene rings is 1. The molecule has 0 fully saturated rings. The van der Waals surface area contributed by atoms with Crippen molar-refractivity contribution in [1.82, 2.24) is 14.9 Å². The highest BCUT2D eigenvalue weighted by Gasteiger charge is 2.21. The fraction of sp³-hybridized carbons (Fsp3) is 0.308. The lowest BCUT2D eigenvalue weighted by Gasteiger charge is -2.15. The Morgan fingerprint density at radius 1 is 1.45 bits per heavy atom. The summed E-state index contributed by atoms with van der Waals surface area (Å²) in [6.45, 7) is 6.01. The van der Waals surface area contributed by atoms with Gasteiger partial charge in [-0.2, -0.15) is 14.9 Å². The zero-order valence-corrected chi connectivity index (χ0v) is 13.7. The average Bonchev–Trinajstić information content (AvgIpc) is 2.69. The van der Waals surface area contributed by atoms with Gasteiger partial charge in [-0.05, 0) is 30.4 Å². The molecule has 0 unspecified atom stereocenters. The monoisotopic (exact) mass is 356 g/mol. The van der Waals surface area contributed by atoms with E-state index in [0.717, 1.165) is 0 Å². The maximum Gasteiger partial charge on any atom is 0.216 e. The second kappa shape index (κ2) is 5.57. The van der Waals surface area contributed by atoms with E-state index < -0.39 is 0 Å². The zero-order valence-electron chi connectivity index (χ0n) is 11.3. The van der Waals surface area contributed by atoms with Gasteiger partial charge in [0.1, 0.15) is 5.82 Å². The third kappa shape index (κ3) is 3.21. The summed E-state index contributed by atoms with van der Waals surface area (Å²) in [7, 11) is 0. The van der Waals surface area contributed by atoms with Gasteiger partial charge in [-0.25, -0.2) is 4.39 Å². The van der Waals surface area contributed by atoms with E-state index in [0.29, 0.717) is 20.6 Å². The molecule has 0 spiro atoms. The van der Waals surface area contributed by atoms with Crippen LogP contribution in [0.3, 0.4) is 0 Å². The molecular weight excluding hydrogens is 343 g/mol. The van der Waals surface area contributed by atoms with E-state index in [1.165, 1.54) is 17.0 Å². The van der Waals surface area contributed by atoms with Crippen molar-refractivity contribution in [3.05, 3.63) is 44.6 Å². The van der Waals surface area contributed by atoms with Crippen molar-refractivity contribution in [1.29, 1.82) is 0 Å². The standard InChI is InChI=1S/C13H14BrFN4S/c1-13(2,3)11-17-18-12(20)19(11)16-7-8-4-5-9(14)6-10(8)15/h4-7H,1-3H3,(H,18,20)/b16-7-. The minimum Gasteiger partial charge on any atom is -0.250 e. The number of nitrogens with zero attached hydrogens (tertiary/aromatic N) is 3. The predicted octanol–water partition coefficient (Wildman–Crippen LogP) is 4.02. The van der Waals surface area contributed by atoms with E-state index in [1.807, 2.05) is 20.8 Å². The summed E-state index contributed by atoms with van der Waals surface area (Å²) in [4.78, 5) is 0. The van der Waals surface area contributed by atoms with Crippen molar-refractivity contribution in [2.45, 2.75) is 26.2 Å². The number of aromatic amines is 1. The van der Waals surface area contributed by atoms with Crippen LogP contribution in [0.2, 0.25) is 0 Å². The van der Waals surface area contributed by atoms with Crippen LogP contribution in [0.25, 0.3) is 0 Å². The zero-order chi connectivity index (χ0) is 14.9. The first kappa shape index (κ1) is 15.1. The Labute approximate surface area is 129 Å². The Bertz CT molecular complexity index is 712. The van der Waals surface area contributed by atoms with Gasteiger partial charge < -0.3 is 0 Å². The lowest BCUT2D eigenvalue weighted by atomic mass is 9.96. The van der Waals surface area contributed by atoms with Gasteiger partial charge in [0.2, 0.25) is 4.77 Å². The number of aromatic nitrogens is 3. The maximum atomic E-state index is 13.7. The van der Waals surface area contributed by atoms with Crippen LogP contribution >= 0.6 is 28.1 Å². The van der Waals surface area contributed by atoms with E-state index in [4.69, 9.17) is 12.2 Å². The van der Waals surface area contributed by atoms with E-state index >= 15 is 0 Å². The minimum absolute atomic E-state index is 0.219. The highest BCUT2D eigenvalue weighted by molar-refractivity contribution is 9.10. The van der Waals surface area contributed by atoms with Crippen LogP contribution in [0.15, 0.2) is 27.8 Å². The molecule has 0 saturated heterocycles. The molecule has 1 aromatic heterocycles. The molecule has 1 N–H and O–H groups in total. The van der Waals surface area contributed by atoms with Gasteiger partial charge >= 0.3 is 0 Å². The van der Waals surface area contributed by atoms with Crippen molar-refractivity contribution in [2.75, 3.05) is 0 Å². The highest BCUT2D eigenvalue weighted by Crippen LogP contribution is 2.20. The van der Waals surface area contributed by atoms with E-state index in [1.54, 1.807) is 12.1 Å². The van der Waals surface area contributed by atoms with Crippen LogP contribution in [-0.2, 0) is 5.41 Å². The number of rotatable bonds is 2. The first-order chi connectivity index (χ1) is 9.29. The molecule has 0 radical (unpaired) electrons. The molecular formula is C13H14BrFN4S. The third-order valence-corrected chi connectivity index (χ3v) is 3.35. The number of hydrogen-bond acceptors (Lipinski definition) is 3. The molecule has 106 valence electrons. The summed E-state index contributed by atoms with van der Waals surface area (Å²) in [5, 5.41) is 11.1. The summed E-state index contributed by atoms with van der Waals surface area (Å²) in [6, 6.07) is 4.79. The Hall–Kier alpha value is -1.34. The molecule has 1 aromatic carbocycles. The first-order valence-electron chi connectivity index (χ1n) is 5.96. The van der Waals surface area contributed by atoms with Crippen LogP contribution in [0.5, 0.6) is 0 Å². The Balaban J connectivity index is 2.42. The normalized spacial score (nSPS) is 12.2. The van der Waals surface area contributed by atoms with Gasteiger partial charge in [0.05, 0.1) is 6.21 Å². The lowest BCUT2D eigenvalue weighted by Crippen LogP contribution is -2.17. The van der Waals surface area contributed by atoms with E-state index in [2.05, 4.69) is 31.2 Å². The van der Waals surface area contributed by atoms with Crippen molar-refractivity contribution < 1.29 is 4.39 Å². The molecule has 0 atom stereocenters. The van der Waals surface area contributed by atoms with Crippen molar-refractivity contribution in [3.8, 4) is 0 Å². The topological polar surface area (TPSA) is 46.0 Å². The fourth-order valence-corrected chi connectivity index (χ4v) is 2.12. The van der Waals surface area contributed by atoms with Gasteiger partial charge in [-0.1, -0.05) is 36.7 Å². The number of H-pyrrole nitrogens is 1. The van der Waals surface area contributed by atoms with Crippen LogP contribution < -0.4 is 0 Å². The molecule has 0 bridgehead atoms. The van der Waals surface area contributed by atoms with Gasteiger partial charge in [0.25, 0.3) is 0 Å². The van der Waals surface area contributed by atoms with E-state index in [9.17, 15) is 4.39 Å². The summed E-state index contributed by atoms with van der Waals surface area (Å²) < 4.78 is 16.3. The second-order valence-electron chi connectivity index (χ2n) is 5.32. The number of nitrogens with one attached hydrogen (secondary N) is 1. The second-order valence-corrected chi connectivity index (χ2v) is 6.63. The Kier molecular flexibility index (Phi) is 4.19. The van der Waals surface area contributed by atoms with Crippen LogP contribution in [0.4, 0.5) is 4.39 Å². The summed E-state index contributed by atoms with van der Waals surface area (Å²) in [5.41, 5.74) is 0.166. The lowest BCUT2D eigenvalue weighted by molar-refractivity contribution is 0.516. The Morgan fingerprint density at radius 2 is 2.15 bits per heavy atom. The average molecular weight is 357 g/mol. The van der Waals surface area contributed by atoms with Crippen molar-refractivity contribution in [2.24, 2.45) is 5.10 Å². The molecule has 20 heavy (non-hydrogen) atoms. The van der Waals surface area contributed by atoms with Crippen molar-refractivity contribution >= 4 is 34.4 Å². The first-order valence-corrected chi connectivity index (χ1v) is 7.16. The number of hydrogen-bond donors (Lipinski definition) is 1. The molecule has 0 aliphatic rings. The van der Waals surface area contributed by atoms with Crippen LogP contribution in [0, 0.1) is 10.6 Å². The van der Waals surface area contributed by atoms with E-state index in [-0.39, 0.29) is 11.2 Å². The molecule has 7 heteroatoms. The molecule has 2 rings (SSSR count). The summed E-state index contributed by atoms with van der Waals surface area (Å²) in [5.74, 6) is 0.340. The van der Waals surface area contributed by atoms with Crippen LogP contribution in [0.1, 0.15) is 32.2 Å². The maximum absolute atomic E-state index is 13.7. The molecule has 0 amide bonds. The molecule has 4 nitrogen and oxygen atoms in total. The molecule has 2 aromatic rings. The number of halogens is 2. The van der Waals surface area contributed by atoms with Gasteiger partial charge in [0, 0.05) is 15.5 Å². The summed E-state index contributed by atoms with van der Waals surface area (Å²) >= 11 is 8.35. The SMILES string of the molecule is CC(C)(C)c1n[nH]c(=S)n1/N=C\c1ccc(Br)cc1F. The fourth-order valence-electron chi connectivity index (χ4n) is 1.61. The highest BCUT2D eigenvalue weighted by atomic mass is 79.9. The van der Waals surface area contributed by atoms with Gasteiger partial charge in [-0.3, -0.25) is 5.10 Å².